The fourth-order valence-electron chi connectivity index (χ4n) is 1.52. The molecule has 1 aliphatic heterocycles. The predicted octanol–water partition coefficient (Wildman–Crippen LogP) is 2.13. The molecule has 2 rings (SSSR count). The van der Waals surface area contributed by atoms with E-state index in [9.17, 15) is 4.39 Å². The zero-order valence-electron chi connectivity index (χ0n) is 8.45. The first kappa shape index (κ1) is 15.7. The molecule has 3 nitrogen and oxygen atoms in total. The Bertz CT molecular complexity index is 332. The van der Waals surface area contributed by atoms with Crippen LogP contribution in [0.15, 0.2) is 12.3 Å². The summed E-state index contributed by atoms with van der Waals surface area (Å²) in [7, 11) is 0. The second-order valence-electron chi connectivity index (χ2n) is 3.20. The fourth-order valence-corrected chi connectivity index (χ4v) is 1.66. The van der Waals surface area contributed by atoms with Gasteiger partial charge in [-0.25, -0.2) is 9.37 Å². The minimum Gasteiger partial charge on any atom is -0.352 e. The third kappa shape index (κ3) is 3.63. The van der Waals surface area contributed by atoms with E-state index in [2.05, 4.69) is 10.3 Å². The molecule has 1 fully saturated rings. The van der Waals surface area contributed by atoms with E-state index in [1.54, 1.807) is 0 Å². The van der Waals surface area contributed by atoms with E-state index in [1.807, 2.05) is 4.90 Å². The van der Waals surface area contributed by atoms with Crippen LogP contribution in [-0.2, 0) is 0 Å². The number of piperazine rings is 1. The molecule has 1 saturated heterocycles. The van der Waals surface area contributed by atoms with Gasteiger partial charge in [-0.15, -0.1) is 24.8 Å². The third-order valence-corrected chi connectivity index (χ3v) is 2.41. The predicted molar refractivity (Wildman–Crippen MR) is 68.8 cm³/mol. The average Bonchev–Trinajstić information content (AvgIpc) is 2.19. The Morgan fingerprint density at radius 3 is 2.50 bits per heavy atom. The largest absolute Gasteiger partial charge is 0.352 e. The quantitative estimate of drug-likeness (QED) is 0.858. The molecule has 1 aliphatic rings. The summed E-state index contributed by atoms with van der Waals surface area (Å²) in [6, 6.07) is 1.30. The van der Waals surface area contributed by atoms with Gasteiger partial charge in [0, 0.05) is 32.4 Å². The summed E-state index contributed by atoms with van der Waals surface area (Å²) in [5, 5.41) is 3.53. The molecule has 0 aliphatic carbocycles. The number of pyridine rings is 1. The molecule has 2 heterocycles. The molecule has 0 amide bonds. The van der Waals surface area contributed by atoms with Gasteiger partial charge in [-0.1, -0.05) is 11.6 Å². The van der Waals surface area contributed by atoms with Crippen molar-refractivity contribution < 1.29 is 4.39 Å². The maximum atomic E-state index is 13.4. The Morgan fingerprint density at radius 2 is 1.94 bits per heavy atom. The zero-order chi connectivity index (χ0) is 9.97. The van der Waals surface area contributed by atoms with Crippen molar-refractivity contribution in [1.29, 1.82) is 0 Å². The molecule has 1 N–H and O–H groups in total. The highest BCUT2D eigenvalue weighted by Gasteiger charge is 2.15. The highest BCUT2D eigenvalue weighted by molar-refractivity contribution is 6.30. The summed E-state index contributed by atoms with van der Waals surface area (Å²) in [6.07, 6.45) is 1.47. The molecule has 0 radical (unpaired) electrons. The van der Waals surface area contributed by atoms with Crippen LogP contribution in [0.5, 0.6) is 0 Å². The van der Waals surface area contributed by atoms with Gasteiger partial charge in [0.05, 0.1) is 5.02 Å². The number of nitrogens with zero attached hydrogens (tertiary/aromatic N) is 2. The van der Waals surface area contributed by atoms with Gasteiger partial charge in [-0.3, -0.25) is 0 Å². The normalized spacial score (nSPS) is 15.0. The molecule has 1 aromatic heterocycles. The summed E-state index contributed by atoms with van der Waals surface area (Å²) in [5.41, 5.74) is 0. The first-order valence-electron chi connectivity index (χ1n) is 4.54. The smallest absolute Gasteiger partial charge is 0.167 e. The van der Waals surface area contributed by atoms with Gasteiger partial charge in [0.25, 0.3) is 0 Å². The monoisotopic (exact) mass is 287 g/mol. The average molecular weight is 289 g/mol. The maximum Gasteiger partial charge on any atom is 0.167 e. The Labute approximate surface area is 111 Å². The number of hydrogen-bond acceptors (Lipinski definition) is 3. The van der Waals surface area contributed by atoms with Crippen molar-refractivity contribution in [2.24, 2.45) is 0 Å². The topological polar surface area (TPSA) is 28.2 Å². The van der Waals surface area contributed by atoms with Crippen LogP contribution >= 0.6 is 36.4 Å². The van der Waals surface area contributed by atoms with Crippen molar-refractivity contribution in [3.63, 3.8) is 0 Å². The van der Waals surface area contributed by atoms with Crippen molar-refractivity contribution in [1.82, 2.24) is 10.3 Å². The molecule has 0 saturated carbocycles. The first-order chi connectivity index (χ1) is 6.77. The van der Waals surface area contributed by atoms with Crippen LogP contribution in [0, 0.1) is 5.82 Å². The number of aromatic nitrogens is 1. The molecule has 92 valence electrons. The first-order valence-corrected chi connectivity index (χ1v) is 4.92. The van der Waals surface area contributed by atoms with Gasteiger partial charge in [0.15, 0.2) is 11.6 Å². The lowest BCUT2D eigenvalue weighted by Crippen LogP contribution is -2.44. The van der Waals surface area contributed by atoms with Crippen LogP contribution in [0.1, 0.15) is 0 Å². The van der Waals surface area contributed by atoms with Gasteiger partial charge in [-0.05, 0) is 6.07 Å². The lowest BCUT2D eigenvalue weighted by Gasteiger charge is -2.28. The highest BCUT2D eigenvalue weighted by Crippen LogP contribution is 2.19. The van der Waals surface area contributed by atoms with E-state index >= 15 is 0 Å². The van der Waals surface area contributed by atoms with E-state index < -0.39 is 0 Å². The van der Waals surface area contributed by atoms with Gasteiger partial charge in [0.1, 0.15) is 0 Å². The lowest BCUT2D eigenvalue weighted by molar-refractivity contribution is 0.559. The van der Waals surface area contributed by atoms with Crippen LogP contribution in [0.4, 0.5) is 10.2 Å². The molecule has 7 heteroatoms. The van der Waals surface area contributed by atoms with Crippen LogP contribution in [0.3, 0.4) is 0 Å². The van der Waals surface area contributed by atoms with E-state index in [-0.39, 0.29) is 30.6 Å². The Kier molecular flexibility index (Phi) is 6.99. The van der Waals surface area contributed by atoms with E-state index in [1.165, 1.54) is 12.3 Å². The second-order valence-corrected chi connectivity index (χ2v) is 3.63. The van der Waals surface area contributed by atoms with Crippen LogP contribution < -0.4 is 10.2 Å². The van der Waals surface area contributed by atoms with Gasteiger partial charge < -0.3 is 10.2 Å². The number of nitrogens with one attached hydrogen (secondary N) is 1. The number of halogens is 4. The summed E-state index contributed by atoms with van der Waals surface area (Å²) in [5.74, 6) is 0.0512. The van der Waals surface area contributed by atoms with Crippen molar-refractivity contribution in [2.75, 3.05) is 31.1 Å². The minimum absolute atomic E-state index is 0. The minimum atomic E-state index is -0.348. The Hall–Kier alpha value is -0.290. The van der Waals surface area contributed by atoms with Crippen LogP contribution in [0.2, 0.25) is 5.02 Å². The SMILES string of the molecule is Cl.Cl.Fc1cc(Cl)cnc1N1CCNCC1. The molecule has 1 aromatic rings. The number of anilines is 1. The highest BCUT2D eigenvalue weighted by atomic mass is 35.5. The summed E-state index contributed by atoms with van der Waals surface area (Å²) in [4.78, 5) is 5.91. The molecule has 0 bridgehead atoms. The van der Waals surface area contributed by atoms with Gasteiger partial charge >= 0.3 is 0 Å². The van der Waals surface area contributed by atoms with E-state index in [4.69, 9.17) is 11.6 Å². The van der Waals surface area contributed by atoms with E-state index in [0.717, 1.165) is 26.2 Å². The number of hydrogen-bond donors (Lipinski definition) is 1. The van der Waals surface area contributed by atoms with Gasteiger partial charge in [0.2, 0.25) is 0 Å². The summed E-state index contributed by atoms with van der Waals surface area (Å²) in [6.45, 7) is 3.30. The van der Waals surface area contributed by atoms with E-state index in [0.29, 0.717) is 10.8 Å². The summed E-state index contributed by atoms with van der Waals surface area (Å²) < 4.78 is 13.4. The molecule has 0 unspecified atom stereocenters. The fraction of sp³-hybridized carbons (Fsp3) is 0.444. The Morgan fingerprint density at radius 1 is 1.31 bits per heavy atom. The number of rotatable bonds is 1. The second kappa shape index (κ2) is 7.12. The Balaban J connectivity index is 0.00000112. The lowest BCUT2D eigenvalue weighted by atomic mass is 10.3. The molecule has 0 aromatic carbocycles. The molecule has 16 heavy (non-hydrogen) atoms. The molecule has 0 atom stereocenters. The van der Waals surface area contributed by atoms with Crippen LogP contribution in [0.25, 0.3) is 0 Å². The van der Waals surface area contributed by atoms with Crippen molar-refractivity contribution in [3.05, 3.63) is 23.1 Å². The van der Waals surface area contributed by atoms with Crippen molar-refractivity contribution in [2.45, 2.75) is 0 Å². The molecule has 0 spiro atoms. The maximum absolute atomic E-state index is 13.4. The third-order valence-electron chi connectivity index (χ3n) is 2.20. The zero-order valence-corrected chi connectivity index (χ0v) is 10.8. The van der Waals surface area contributed by atoms with Crippen LogP contribution in [-0.4, -0.2) is 31.2 Å². The molecular weight excluding hydrogens is 275 g/mol. The molecular formula is C9H13Cl3FN3. The summed E-state index contributed by atoms with van der Waals surface area (Å²) >= 11 is 5.62. The van der Waals surface area contributed by atoms with Crippen molar-refractivity contribution in [3.8, 4) is 0 Å². The van der Waals surface area contributed by atoms with Crippen molar-refractivity contribution >= 4 is 42.2 Å². The standard InChI is InChI=1S/C9H11ClFN3.2ClH/c10-7-5-8(11)9(13-6-7)14-3-1-12-2-4-14;;/h5-6,12H,1-4H2;2*1H. The van der Waals surface area contributed by atoms with Gasteiger partial charge in [-0.2, -0.15) is 0 Å².